The molecule has 6 nitrogen and oxygen atoms in total. The fraction of sp³-hybridized carbons (Fsp3) is 0.545. The van der Waals surface area contributed by atoms with E-state index in [2.05, 4.69) is 0 Å². The van der Waals surface area contributed by atoms with Gasteiger partial charge in [-0.25, -0.2) is 4.79 Å². The van der Waals surface area contributed by atoms with Crippen LogP contribution in [0, 0.1) is 6.92 Å². The van der Waals surface area contributed by atoms with Gasteiger partial charge < -0.3 is 10.0 Å². The number of carbonyl (C=O) groups excluding carboxylic acids is 1. The molecule has 0 bridgehead atoms. The molecule has 7 heteroatoms. The van der Waals surface area contributed by atoms with Crippen molar-refractivity contribution in [2.45, 2.75) is 32.9 Å². The molecule has 0 aliphatic rings. The third-order valence-electron chi connectivity index (χ3n) is 2.80. The summed E-state index contributed by atoms with van der Waals surface area (Å²) >= 11 is 1.03. The van der Waals surface area contributed by atoms with E-state index in [0.717, 1.165) is 11.3 Å². The number of amides is 1. The smallest absolute Gasteiger partial charge is 0.326 e. The van der Waals surface area contributed by atoms with Crippen molar-refractivity contribution in [3.63, 3.8) is 0 Å². The maximum atomic E-state index is 11.9. The first-order valence-electron chi connectivity index (χ1n) is 5.51. The molecule has 0 spiro atoms. The van der Waals surface area contributed by atoms with Gasteiger partial charge in [0.05, 0.1) is 0 Å². The van der Waals surface area contributed by atoms with Crippen LogP contribution in [0.3, 0.4) is 0 Å². The molecule has 1 aromatic heterocycles. The Kier molecular flexibility index (Phi) is 4.66. The Morgan fingerprint density at radius 3 is 2.56 bits per heavy atom. The number of thiazole rings is 1. The lowest BCUT2D eigenvalue weighted by molar-refractivity contribution is -0.149. The van der Waals surface area contributed by atoms with Crippen LogP contribution in [0.15, 0.2) is 10.2 Å². The van der Waals surface area contributed by atoms with Crippen LogP contribution in [0.1, 0.15) is 19.0 Å². The average Bonchev–Trinajstić information content (AvgIpc) is 2.61. The van der Waals surface area contributed by atoms with Crippen molar-refractivity contribution in [1.29, 1.82) is 0 Å². The van der Waals surface area contributed by atoms with E-state index in [0.29, 0.717) is 12.1 Å². The van der Waals surface area contributed by atoms with Gasteiger partial charge in [-0.1, -0.05) is 18.3 Å². The number of likely N-dealkylation sites (N-methyl/N-ethyl adjacent to an activating group) is 1. The molecule has 0 radical (unpaired) electrons. The van der Waals surface area contributed by atoms with Crippen LogP contribution >= 0.6 is 11.3 Å². The number of aliphatic carboxylic acids is 1. The molecule has 1 N–H and O–H groups in total. The number of aryl methyl sites for hydroxylation is 1. The molecular weight excluding hydrogens is 256 g/mol. The topological polar surface area (TPSA) is 79.6 Å². The largest absolute Gasteiger partial charge is 0.480 e. The fourth-order valence-corrected chi connectivity index (χ4v) is 2.37. The first-order valence-corrected chi connectivity index (χ1v) is 6.39. The summed E-state index contributed by atoms with van der Waals surface area (Å²) < 4.78 is 1.35. The van der Waals surface area contributed by atoms with E-state index in [1.165, 1.54) is 16.5 Å². The summed E-state index contributed by atoms with van der Waals surface area (Å²) in [5, 5.41) is 10.6. The van der Waals surface area contributed by atoms with Gasteiger partial charge in [-0.3, -0.25) is 14.2 Å². The molecule has 0 aromatic carbocycles. The minimum atomic E-state index is -1.04. The number of aromatic nitrogens is 1. The van der Waals surface area contributed by atoms with Crippen LogP contribution in [0.5, 0.6) is 0 Å². The van der Waals surface area contributed by atoms with Crippen molar-refractivity contribution < 1.29 is 14.7 Å². The molecule has 0 aliphatic heterocycles. The normalized spacial score (nSPS) is 12.2. The lowest BCUT2D eigenvalue weighted by Gasteiger charge is -2.23. The molecule has 18 heavy (non-hydrogen) atoms. The minimum absolute atomic E-state index is 0.117. The van der Waals surface area contributed by atoms with E-state index in [1.54, 1.807) is 19.2 Å². The van der Waals surface area contributed by atoms with Gasteiger partial charge in [-0.2, -0.15) is 0 Å². The zero-order chi connectivity index (χ0) is 13.9. The molecule has 1 rings (SSSR count). The van der Waals surface area contributed by atoms with Crippen LogP contribution in [0.2, 0.25) is 0 Å². The summed E-state index contributed by atoms with van der Waals surface area (Å²) in [5.74, 6) is -1.42. The van der Waals surface area contributed by atoms with Crippen LogP contribution in [0.4, 0.5) is 0 Å². The molecule has 1 atom stereocenters. The van der Waals surface area contributed by atoms with E-state index in [9.17, 15) is 14.4 Å². The zero-order valence-electron chi connectivity index (χ0n) is 10.5. The van der Waals surface area contributed by atoms with Crippen molar-refractivity contribution >= 4 is 23.2 Å². The standard InChI is InChI=1S/C11H16N2O4S/c1-4-8(10(15)16)12(3)9(14)5-13-7(2)6-18-11(13)17/h6,8H,4-5H2,1-3H3,(H,15,16). The number of carbonyl (C=O) groups is 2. The molecule has 1 heterocycles. The van der Waals surface area contributed by atoms with Gasteiger partial charge in [-0.05, 0) is 13.3 Å². The summed E-state index contributed by atoms with van der Waals surface area (Å²) in [6, 6.07) is -0.854. The molecule has 0 fully saturated rings. The Morgan fingerprint density at radius 2 is 2.17 bits per heavy atom. The minimum Gasteiger partial charge on any atom is -0.480 e. The molecule has 0 aliphatic carbocycles. The van der Waals surface area contributed by atoms with Crippen LogP contribution in [0.25, 0.3) is 0 Å². The summed E-state index contributed by atoms with van der Waals surface area (Å²) in [7, 11) is 1.44. The Morgan fingerprint density at radius 1 is 1.56 bits per heavy atom. The van der Waals surface area contributed by atoms with Crippen molar-refractivity contribution in [2.24, 2.45) is 0 Å². The molecule has 1 amide bonds. The van der Waals surface area contributed by atoms with Gasteiger partial charge >= 0.3 is 10.8 Å². The van der Waals surface area contributed by atoms with Crippen molar-refractivity contribution in [1.82, 2.24) is 9.47 Å². The summed E-state index contributed by atoms with van der Waals surface area (Å²) in [4.78, 5) is 35.3. The Balaban J connectivity index is 2.83. The van der Waals surface area contributed by atoms with Crippen LogP contribution in [-0.4, -0.2) is 39.5 Å². The average molecular weight is 272 g/mol. The van der Waals surface area contributed by atoms with Gasteiger partial charge in [0.25, 0.3) is 0 Å². The quantitative estimate of drug-likeness (QED) is 0.848. The highest BCUT2D eigenvalue weighted by atomic mass is 32.1. The Labute approximate surface area is 108 Å². The predicted octanol–water partition coefficient (Wildman–Crippen LogP) is 0.540. The van der Waals surface area contributed by atoms with Gasteiger partial charge in [0.15, 0.2) is 0 Å². The van der Waals surface area contributed by atoms with Gasteiger partial charge in [0, 0.05) is 18.1 Å². The van der Waals surface area contributed by atoms with Gasteiger partial charge in [0.1, 0.15) is 12.6 Å². The van der Waals surface area contributed by atoms with Gasteiger partial charge in [0.2, 0.25) is 5.91 Å². The SMILES string of the molecule is CCC(C(=O)O)N(C)C(=O)Cn1c(C)csc1=O. The number of nitrogens with zero attached hydrogens (tertiary/aromatic N) is 2. The van der Waals surface area contributed by atoms with E-state index in [1.807, 2.05) is 0 Å². The number of hydrogen-bond acceptors (Lipinski definition) is 4. The fourth-order valence-electron chi connectivity index (χ4n) is 1.63. The summed E-state index contributed by atoms with van der Waals surface area (Å²) in [6.07, 6.45) is 0.328. The van der Waals surface area contributed by atoms with Crippen LogP contribution < -0.4 is 4.87 Å². The second-order valence-electron chi connectivity index (χ2n) is 4.00. The predicted molar refractivity (Wildman–Crippen MR) is 67.8 cm³/mol. The Bertz CT molecular complexity index is 505. The third kappa shape index (κ3) is 2.98. The number of hydrogen-bond donors (Lipinski definition) is 1. The van der Waals surface area contributed by atoms with Crippen molar-refractivity contribution in [3.8, 4) is 0 Å². The first-order chi connectivity index (χ1) is 8.38. The molecule has 1 unspecified atom stereocenters. The lowest BCUT2D eigenvalue weighted by atomic mass is 10.2. The highest BCUT2D eigenvalue weighted by molar-refractivity contribution is 7.07. The molecule has 100 valence electrons. The molecule has 0 saturated carbocycles. The highest BCUT2D eigenvalue weighted by Crippen LogP contribution is 2.05. The van der Waals surface area contributed by atoms with Gasteiger partial charge in [-0.15, -0.1) is 0 Å². The van der Waals surface area contributed by atoms with E-state index in [4.69, 9.17) is 5.11 Å². The zero-order valence-corrected chi connectivity index (χ0v) is 11.4. The number of rotatable bonds is 5. The van der Waals surface area contributed by atoms with E-state index < -0.39 is 12.0 Å². The highest BCUT2D eigenvalue weighted by Gasteiger charge is 2.25. The lowest BCUT2D eigenvalue weighted by Crippen LogP contribution is -2.44. The maximum absolute atomic E-state index is 11.9. The van der Waals surface area contributed by atoms with Crippen molar-refractivity contribution in [2.75, 3.05) is 7.05 Å². The molecular formula is C11H16N2O4S. The second kappa shape index (κ2) is 5.81. The first kappa shape index (κ1) is 14.4. The number of carboxylic acids is 1. The summed E-state index contributed by atoms with van der Waals surface area (Å²) in [5.41, 5.74) is 0.704. The maximum Gasteiger partial charge on any atom is 0.326 e. The molecule has 1 aromatic rings. The summed E-state index contributed by atoms with van der Waals surface area (Å²) in [6.45, 7) is 3.32. The van der Waals surface area contributed by atoms with E-state index in [-0.39, 0.29) is 17.3 Å². The van der Waals surface area contributed by atoms with Crippen LogP contribution in [-0.2, 0) is 16.1 Å². The van der Waals surface area contributed by atoms with E-state index >= 15 is 0 Å². The molecule has 0 saturated heterocycles. The number of carboxylic acid groups (broad SMARTS) is 1. The third-order valence-corrected chi connectivity index (χ3v) is 3.68. The Hall–Kier alpha value is -1.63. The van der Waals surface area contributed by atoms with Crippen molar-refractivity contribution in [3.05, 3.63) is 20.7 Å². The monoisotopic (exact) mass is 272 g/mol. The second-order valence-corrected chi connectivity index (χ2v) is 4.82.